The maximum atomic E-state index is 12.6. The Bertz CT molecular complexity index is 1390. The van der Waals surface area contributed by atoms with Gasteiger partial charge in [0, 0.05) is 35.3 Å². The maximum Gasteiger partial charge on any atom is 0.274 e. The van der Waals surface area contributed by atoms with Crippen molar-refractivity contribution in [2.75, 3.05) is 0 Å². The van der Waals surface area contributed by atoms with Crippen LogP contribution in [0, 0.1) is 6.92 Å². The molecular weight excluding hydrogens is 460 g/mol. The Morgan fingerprint density at radius 3 is 2.71 bits per heavy atom. The van der Waals surface area contributed by atoms with Crippen LogP contribution in [0.3, 0.4) is 0 Å². The molecule has 4 heterocycles. The number of rotatable bonds is 6. The van der Waals surface area contributed by atoms with Crippen molar-refractivity contribution in [3.05, 3.63) is 70.6 Å². The SMILES string of the molecule is Cc1noc(-c2cc3cc(-c4nc(C(=O)CCc5ccncc5)[nH]c4Br)ccc3[nH]2)n1. The van der Waals surface area contributed by atoms with Crippen molar-refractivity contribution in [2.45, 2.75) is 19.8 Å². The van der Waals surface area contributed by atoms with Crippen molar-refractivity contribution in [1.82, 2.24) is 30.1 Å². The Balaban J connectivity index is 1.39. The first-order chi connectivity index (χ1) is 15.1. The van der Waals surface area contributed by atoms with E-state index in [-0.39, 0.29) is 5.78 Å². The summed E-state index contributed by atoms with van der Waals surface area (Å²) in [6.45, 7) is 1.78. The van der Waals surface area contributed by atoms with Crippen LogP contribution in [0.15, 0.2) is 57.9 Å². The Morgan fingerprint density at radius 1 is 1.10 bits per heavy atom. The molecule has 0 unspecified atom stereocenters. The summed E-state index contributed by atoms with van der Waals surface area (Å²) in [5.41, 5.74) is 4.33. The topological polar surface area (TPSA) is 113 Å². The molecule has 0 radical (unpaired) electrons. The van der Waals surface area contributed by atoms with Gasteiger partial charge in [-0.1, -0.05) is 11.2 Å². The zero-order valence-electron chi connectivity index (χ0n) is 16.5. The number of H-pyrrole nitrogens is 2. The molecule has 31 heavy (non-hydrogen) atoms. The molecule has 0 bridgehead atoms. The zero-order valence-corrected chi connectivity index (χ0v) is 18.1. The molecule has 0 saturated heterocycles. The Morgan fingerprint density at radius 2 is 1.94 bits per heavy atom. The van der Waals surface area contributed by atoms with Crippen molar-refractivity contribution in [1.29, 1.82) is 0 Å². The number of ketones is 1. The number of benzene rings is 1. The number of nitrogens with zero attached hydrogens (tertiary/aromatic N) is 4. The molecule has 9 heteroatoms. The van der Waals surface area contributed by atoms with Gasteiger partial charge in [0.2, 0.25) is 0 Å². The third-order valence-electron chi connectivity index (χ3n) is 4.97. The lowest BCUT2D eigenvalue weighted by Crippen LogP contribution is -2.03. The number of aryl methyl sites for hydroxylation is 2. The number of imidazole rings is 1. The first-order valence-electron chi connectivity index (χ1n) is 9.68. The van der Waals surface area contributed by atoms with E-state index in [9.17, 15) is 4.79 Å². The zero-order chi connectivity index (χ0) is 21.4. The predicted octanol–water partition coefficient (Wildman–Crippen LogP) is 4.89. The molecule has 0 saturated carbocycles. The summed E-state index contributed by atoms with van der Waals surface area (Å²) in [5, 5.41) is 4.81. The van der Waals surface area contributed by atoms with Crippen molar-refractivity contribution in [3.63, 3.8) is 0 Å². The van der Waals surface area contributed by atoms with Gasteiger partial charge < -0.3 is 14.5 Å². The molecule has 5 aromatic rings. The Kier molecular flexibility index (Phi) is 4.95. The number of carbonyl (C=O) groups excluding carboxylic acids is 1. The highest BCUT2D eigenvalue weighted by Crippen LogP contribution is 2.31. The van der Waals surface area contributed by atoms with Crippen LogP contribution in [0.4, 0.5) is 0 Å². The van der Waals surface area contributed by atoms with Crippen LogP contribution < -0.4 is 0 Å². The molecule has 1 aromatic carbocycles. The van der Waals surface area contributed by atoms with Gasteiger partial charge in [-0.15, -0.1) is 0 Å². The molecule has 2 N–H and O–H groups in total. The lowest BCUT2D eigenvalue weighted by atomic mass is 10.1. The minimum Gasteiger partial charge on any atom is -0.351 e. The third kappa shape index (κ3) is 3.91. The van der Waals surface area contributed by atoms with Gasteiger partial charge in [0.05, 0.1) is 0 Å². The molecule has 0 spiro atoms. The highest BCUT2D eigenvalue weighted by atomic mass is 79.9. The normalized spacial score (nSPS) is 11.3. The number of Topliss-reactive ketones (excluding diaryl/α,β-unsaturated/α-hetero) is 1. The molecule has 0 aliphatic rings. The van der Waals surface area contributed by atoms with Crippen LogP contribution in [0.5, 0.6) is 0 Å². The average Bonchev–Trinajstić information content (AvgIpc) is 3.50. The fraction of sp³-hybridized carbons (Fsp3) is 0.136. The largest absolute Gasteiger partial charge is 0.351 e. The van der Waals surface area contributed by atoms with Crippen molar-refractivity contribution in [3.8, 4) is 22.8 Å². The standard InChI is InChI=1S/C22H17BrN6O2/c1-12-25-22(31-29-12)17-11-15-10-14(3-4-16(15)26-17)19-20(23)28-21(27-19)18(30)5-2-13-6-8-24-9-7-13/h3-4,6-11,26H,2,5H2,1H3,(H,27,28). The van der Waals surface area contributed by atoms with Gasteiger partial charge in [-0.2, -0.15) is 4.98 Å². The predicted molar refractivity (Wildman–Crippen MR) is 118 cm³/mol. The van der Waals surface area contributed by atoms with Crippen molar-refractivity contribution in [2.24, 2.45) is 0 Å². The highest BCUT2D eigenvalue weighted by Gasteiger charge is 2.17. The molecule has 0 amide bonds. The lowest BCUT2D eigenvalue weighted by Gasteiger charge is -1.99. The van der Waals surface area contributed by atoms with Crippen LogP contribution in [-0.4, -0.2) is 35.9 Å². The highest BCUT2D eigenvalue weighted by molar-refractivity contribution is 9.10. The van der Waals surface area contributed by atoms with Gasteiger partial charge in [0.1, 0.15) is 16.0 Å². The van der Waals surface area contributed by atoms with Crippen molar-refractivity contribution < 1.29 is 9.32 Å². The number of carbonyl (C=O) groups is 1. The summed E-state index contributed by atoms with van der Waals surface area (Å²) in [6, 6.07) is 11.7. The summed E-state index contributed by atoms with van der Waals surface area (Å²) >= 11 is 3.51. The minimum absolute atomic E-state index is 0.0412. The lowest BCUT2D eigenvalue weighted by molar-refractivity contribution is 0.0973. The summed E-state index contributed by atoms with van der Waals surface area (Å²) in [7, 11) is 0. The van der Waals surface area contributed by atoms with E-state index in [4.69, 9.17) is 4.52 Å². The third-order valence-corrected chi connectivity index (χ3v) is 5.54. The minimum atomic E-state index is -0.0412. The van der Waals surface area contributed by atoms with Gasteiger partial charge in [-0.05, 0) is 65.2 Å². The van der Waals surface area contributed by atoms with Crippen LogP contribution >= 0.6 is 15.9 Å². The van der Waals surface area contributed by atoms with Gasteiger partial charge in [0.15, 0.2) is 17.4 Å². The van der Waals surface area contributed by atoms with Gasteiger partial charge in [-0.25, -0.2) is 4.98 Å². The smallest absolute Gasteiger partial charge is 0.274 e. The maximum absolute atomic E-state index is 12.6. The second-order valence-corrected chi connectivity index (χ2v) is 7.95. The number of pyridine rings is 1. The van der Waals surface area contributed by atoms with Gasteiger partial charge in [0.25, 0.3) is 5.89 Å². The van der Waals surface area contributed by atoms with Crippen LogP contribution in [0.2, 0.25) is 0 Å². The first-order valence-corrected chi connectivity index (χ1v) is 10.5. The molecule has 0 aliphatic heterocycles. The summed E-state index contributed by atoms with van der Waals surface area (Å²) in [5.74, 6) is 1.32. The van der Waals surface area contributed by atoms with Crippen molar-refractivity contribution >= 4 is 32.6 Å². The van der Waals surface area contributed by atoms with E-state index in [2.05, 4.69) is 46.0 Å². The first kappa shape index (κ1) is 19.4. The van der Waals surface area contributed by atoms with E-state index in [1.54, 1.807) is 19.3 Å². The van der Waals surface area contributed by atoms with E-state index in [1.807, 2.05) is 36.4 Å². The Hall–Kier alpha value is -3.59. The fourth-order valence-electron chi connectivity index (χ4n) is 3.40. The molecule has 0 fully saturated rings. The van der Waals surface area contributed by atoms with E-state index in [0.29, 0.717) is 40.7 Å². The fourth-order valence-corrected chi connectivity index (χ4v) is 3.91. The molecule has 154 valence electrons. The van der Waals surface area contributed by atoms with E-state index >= 15 is 0 Å². The molecule has 0 aliphatic carbocycles. The second-order valence-electron chi connectivity index (χ2n) is 7.16. The monoisotopic (exact) mass is 476 g/mol. The second kappa shape index (κ2) is 7.92. The molecule has 0 atom stereocenters. The Labute approximate surface area is 185 Å². The number of halogens is 1. The number of fused-ring (bicyclic) bond motifs is 1. The number of hydrogen-bond acceptors (Lipinski definition) is 6. The molecule has 5 rings (SSSR count). The molecular formula is C22H17BrN6O2. The summed E-state index contributed by atoms with van der Waals surface area (Å²) in [4.78, 5) is 31.8. The van der Waals surface area contributed by atoms with Gasteiger partial charge in [-0.3, -0.25) is 9.78 Å². The number of aromatic nitrogens is 6. The average molecular weight is 477 g/mol. The molecule has 8 nitrogen and oxygen atoms in total. The van der Waals surface area contributed by atoms with E-state index < -0.39 is 0 Å². The summed E-state index contributed by atoms with van der Waals surface area (Å²) in [6.07, 6.45) is 4.46. The number of aromatic amines is 2. The molecule has 4 aromatic heterocycles. The van der Waals surface area contributed by atoms with E-state index in [0.717, 1.165) is 27.7 Å². The van der Waals surface area contributed by atoms with Crippen LogP contribution in [0.25, 0.3) is 33.7 Å². The van der Waals surface area contributed by atoms with E-state index in [1.165, 1.54) is 0 Å². The number of nitrogens with one attached hydrogen (secondary N) is 2. The van der Waals surface area contributed by atoms with Crippen LogP contribution in [0.1, 0.15) is 28.4 Å². The summed E-state index contributed by atoms with van der Waals surface area (Å²) < 4.78 is 5.91. The number of hydrogen-bond donors (Lipinski definition) is 2. The quantitative estimate of drug-likeness (QED) is 0.337. The van der Waals surface area contributed by atoms with Gasteiger partial charge >= 0.3 is 0 Å². The van der Waals surface area contributed by atoms with Crippen LogP contribution in [-0.2, 0) is 6.42 Å².